The van der Waals surface area contributed by atoms with E-state index in [0.717, 1.165) is 50.5 Å². The molecule has 0 N–H and O–H groups in total. The van der Waals surface area contributed by atoms with Crippen LogP contribution in [0.25, 0.3) is 11.1 Å². The quantitative estimate of drug-likeness (QED) is 0.319. The van der Waals surface area contributed by atoms with Crippen LogP contribution in [-0.2, 0) is 12.0 Å². The number of allylic oxidation sites excluding steroid dienone is 4. The minimum Gasteiger partial charge on any atom is -0.495 e. The first-order valence-corrected chi connectivity index (χ1v) is 11.8. The second kappa shape index (κ2) is 11.1. The van der Waals surface area contributed by atoms with Gasteiger partial charge in [0.2, 0.25) is 0 Å². The second-order valence-electron chi connectivity index (χ2n) is 9.32. The molecule has 0 saturated carbocycles. The van der Waals surface area contributed by atoms with Crippen molar-refractivity contribution in [2.24, 2.45) is 0 Å². The highest BCUT2D eigenvalue weighted by Crippen LogP contribution is 2.42. The molecular weight excluding hydrogens is 416 g/mol. The van der Waals surface area contributed by atoms with Gasteiger partial charge in [-0.15, -0.1) is 0 Å². The Morgan fingerprint density at radius 1 is 0.824 bits per heavy atom. The molecule has 3 aromatic carbocycles. The summed E-state index contributed by atoms with van der Waals surface area (Å²) in [6.45, 7) is 15.7. The van der Waals surface area contributed by atoms with Crippen molar-refractivity contribution in [1.82, 2.24) is 0 Å². The molecule has 0 amide bonds. The Hall–Kier alpha value is -3.52. The van der Waals surface area contributed by atoms with Gasteiger partial charge < -0.3 is 9.47 Å². The summed E-state index contributed by atoms with van der Waals surface area (Å²) in [7, 11) is 1.72. The Bertz CT molecular complexity index is 1190. The normalized spacial score (nSPS) is 12.1. The first-order valence-electron chi connectivity index (χ1n) is 11.8. The Kier molecular flexibility index (Phi) is 8.17. The third-order valence-electron chi connectivity index (χ3n) is 5.89. The van der Waals surface area contributed by atoms with Crippen molar-refractivity contribution in [2.75, 3.05) is 7.11 Å². The van der Waals surface area contributed by atoms with Crippen LogP contribution >= 0.6 is 0 Å². The summed E-state index contributed by atoms with van der Waals surface area (Å²) in [6, 6.07) is 22.8. The van der Waals surface area contributed by atoms with Crippen molar-refractivity contribution in [3.05, 3.63) is 119 Å². The zero-order chi connectivity index (χ0) is 24.7. The fourth-order valence-electron chi connectivity index (χ4n) is 4.14. The first kappa shape index (κ1) is 25.1. The summed E-state index contributed by atoms with van der Waals surface area (Å²) in [6.07, 6.45) is 6.23. The van der Waals surface area contributed by atoms with Crippen molar-refractivity contribution in [3.63, 3.8) is 0 Å². The van der Waals surface area contributed by atoms with Crippen molar-refractivity contribution >= 4 is 11.1 Å². The largest absolute Gasteiger partial charge is 0.495 e. The van der Waals surface area contributed by atoms with Crippen LogP contribution in [0.5, 0.6) is 11.5 Å². The average Bonchev–Trinajstić information content (AvgIpc) is 2.85. The van der Waals surface area contributed by atoms with Gasteiger partial charge in [0, 0.05) is 22.3 Å². The lowest BCUT2D eigenvalue weighted by Crippen LogP contribution is -2.15. The minimum atomic E-state index is -0.0850. The van der Waals surface area contributed by atoms with E-state index in [9.17, 15) is 0 Å². The fraction of sp³-hybridized carbons (Fsp3) is 0.250. The van der Waals surface area contributed by atoms with Gasteiger partial charge in [-0.2, -0.15) is 0 Å². The molecule has 0 saturated heterocycles. The van der Waals surface area contributed by atoms with Crippen LogP contribution in [-0.4, -0.2) is 7.11 Å². The molecule has 0 aliphatic heterocycles. The van der Waals surface area contributed by atoms with Gasteiger partial charge in [0.25, 0.3) is 0 Å². The predicted molar refractivity (Wildman–Crippen MR) is 146 cm³/mol. The molecule has 2 nitrogen and oxygen atoms in total. The summed E-state index contributed by atoms with van der Waals surface area (Å²) in [5, 5.41) is 0. The summed E-state index contributed by atoms with van der Waals surface area (Å²) >= 11 is 0. The summed E-state index contributed by atoms with van der Waals surface area (Å²) in [5.41, 5.74) is 7.17. The van der Waals surface area contributed by atoms with E-state index in [0.29, 0.717) is 6.61 Å². The van der Waals surface area contributed by atoms with Crippen LogP contribution in [0.4, 0.5) is 0 Å². The smallest absolute Gasteiger partial charge is 0.134 e. The van der Waals surface area contributed by atoms with E-state index in [2.05, 4.69) is 88.0 Å². The van der Waals surface area contributed by atoms with Gasteiger partial charge in [-0.25, -0.2) is 0 Å². The number of para-hydroxylation sites is 2. The molecule has 0 bridgehead atoms. The van der Waals surface area contributed by atoms with Crippen molar-refractivity contribution in [2.45, 2.75) is 46.6 Å². The molecule has 0 radical (unpaired) electrons. The lowest BCUT2D eigenvalue weighted by atomic mass is 9.83. The number of ether oxygens (including phenoxy) is 2. The van der Waals surface area contributed by atoms with E-state index < -0.39 is 0 Å². The molecule has 0 atom stereocenters. The molecule has 0 unspecified atom stereocenters. The molecule has 0 spiro atoms. The molecular formula is C32H36O2. The number of hydrogen-bond donors (Lipinski definition) is 0. The Morgan fingerprint density at radius 3 is 2.03 bits per heavy atom. The van der Waals surface area contributed by atoms with Crippen molar-refractivity contribution in [3.8, 4) is 11.5 Å². The molecule has 34 heavy (non-hydrogen) atoms. The van der Waals surface area contributed by atoms with E-state index in [1.807, 2.05) is 38.1 Å². The van der Waals surface area contributed by atoms with Crippen molar-refractivity contribution < 1.29 is 9.47 Å². The van der Waals surface area contributed by atoms with Gasteiger partial charge in [0.1, 0.15) is 18.1 Å². The monoisotopic (exact) mass is 452 g/mol. The summed E-state index contributed by atoms with van der Waals surface area (Å²) in [5.74, 6) is 1.69. The highest BCUT2D eigenvalue weighted by molar-refractivity contribution is 5.89. The van der Waals surface area contributed by atoms with E-state index in [1.54, 1.807) is 7.11 Å². The standard InChI is InChI=1S/C32H36O2/c1-8-15-25(9-2)28-20-13-18-26(30(28)33-7)23(3)27-19-14-21-29(32(4,5)6)31(27)34-22-24-16-11-10-12-17-24/h8-21H,3,22H2,1-2,4-7H3/b15-8-,25-9+. The molecule has 0 aliphatic rings. The lowest BCUT2D eigenvalue weighted by Gasteiger charge is -2.26. The molecule has 2 heteroatoms. The van der Waals surface area contributed by atoms with Gasteiger partial charge >= 0.3 is 0 Å². The molecule has 0 aromatic heterocycles. The fourth-order valence-corrected chi connectivity index (χ4v) is 4.14. The number of methoxy groups -OCH3 is 1. The van der Waals surface area contributed by atoms with Crippen LogP contribution in [0.1, 0.15) is 62.4 Å². The predicted octanol–water partition coefficient (Wildman–Crippen LogP) is 8.61. The van der Waals surface area contributed by atoms with Crippen molar-refractivity contribution in [1.29, 1.82) is 0 Å². The average molecular weight is 453 g/mol. The van der Waals surface area contributed by atoms with E-state index in [-0.39, 0.29) is 5.41 Å². The highest BCUT2D eigenvalue weighted by atomic mass is 16.5. The van der Waals surface area contributed by atoms with E-state index >= 15 is 0 Å². The maximum Gasteiger partial charge on any atom is 0.134 e. The zero-order valence-corrected chi connectivity index (χ0v) is 21.3. The number of rotatable bonds is 8. The second-order valence-corrected chi connectivity index (χ2v) is 9.32. The Balaban J connectivity index is 2.13. The summed E-state index contributed by atoms with van der Waals surface area (Å²) < 4.78 is 12.4. The first-order chi connectivity index (χ1) is 16.3. The van der Waals surface area contributed by atoms with Gasteiger partial charge in [0.05, 0.1) is 7.11 Å². The molecule has 0 heterocycles. The summed E-state index contributed by atoms with van der Waals surface area (Å²) in [4.78, 5) is 0. The molecule has 0 aliphatic carbocycles. The molecule has 176 valence electrons. The number of benzene rings is 3. The van der Waals surface area contributed by atoms with Gasteiger partial charge in [0.15, 0.2) is 0 Å². The van der Waals surface area contributed by atoms with Crippen LogP contribution in [0.3, 0.4) is 0 Å². The van der Waals surface area contributed by atoms with E-state index in [4.69, 9.17) is 9.47 Å². The molecule has 0 fully saturated rings. The van der Waals surface area contributed by atoms with E-state index in [1.165, 1.54) is 0 Å². The van der Waals surface area contributed by atoms with Crippen LogP contribution in [0, 0.1) is 0 Å². The van der Waals surface area contributed by atoms with Gasteiger partial charge in [-0.05, 0) is 36.0 Å². The van der Waals surface area contributed by atoms with Crippen LogP contribution in [0.2, 0.25) is 0 Å². The molecule has 3 aromatic rings. The molecule has 3 rings (SSSR count). The number of hydrogen-bond acceptors (Lipinski definition) is 2. The van der Waals surface area contributed by atoms with Gasteiger partial charge in [-0.3, -0.25) is 0 Å². The SMILES string of the molecule is C=C(c1cccc(C(/C=C\C)=C/C)c1OC)c1cccc(C(C)(C)C)c1OCc1ccccc1. The maximum absolute atomic E-state index is 6.51. The minimum absolute atomic E-state index is 0.0850. The Labute approximate surface area is 205 Å². The Morgan fingerprint density at radius 2 is 1.44 bits per heavy atom. The highest BCUT2D eigenvalue weighted by Gasteiger charge is 2.24. The van der Waals surface area contributed by atoms with Crippen LogP contribution < -0.4 is 9.47 Å². The van der Waals surface area contributed by atoms with Crippen LogP contribution in [0.15, 0.2) is 91.5 Å². The maximum atomic E-state index is 6.51. The van der Waals surface area contributed by atoms with Gasteiger partial charge in [-0.1, -0.05) is 112 Å². The third-order valence-corrected chi connectivity index (χ3v) is 5.89. The zero-order valence-electron chi connectivity index (χ0n) is 21.3. The topological polar surface area (TPSA) is 18.5 Å². The third kappa shape index (κ3) is 5.51. The lowest BCUT2D eigenvalue weighted by molar-refractivity contribution is 0.296.